The summed E-state index contributed by atoms with van der Waals surface area (Å²) in [6.07, 6.45) is 2.56. The van der Waals surface area contributed by atoms with E-state index in [1.807, 2.05) is 36.4 Å². The molecular weight excluding hydrogens is 404 g/mol. The molecule has 2 heterocycles. The number of rotatable bonds is 6. The van der Waals surface area contributed by atoms with Gasteiger partial charge in [0.05, 0.1) is 12.0 Å². The Morgan fingerprint density at radius 2 is 1.73 bits per heavy atom. The summed E-state index contributed by atoms with van der Waals surface area (Å²) in [7, 11) is -3.71. The second-order valence-corrected chi connectivity index (χ2v) is 9.34. The molecule has 156 valence electrons. The predicted molar refractivity (Wildman–Crippen MR) is 115 cm³/mol. The van der Waals surface area contributed by atoms with Gasteiger partial charge in [-0.1, -0.05) is 30.3 Å². The van der Waals surface area contributed by atoms with Crippen LogP contribution in [-0.2, 0) is 16.3 Å². The van der Waals surface area contributed by atoms with Crippen LogP contribution in [0.25, 0.3) is 21.9 Å². The minimum atomic E-state index is -3.71. The van der Waals surface area contributed by atoms with E-state index in [9.17, 15) is 13.2 Å². The van der Waals surface area contributed by atoms with E-state index in [1.54, 1.807) is 13.8 Å². The SMILES string of the molecule is Cc1cc2c(C)c3c(=O)cc(S(C)(=O)=O)oc3c(OCCCc3ccccc3)c2o1. The van der Waals surface area contributed by atoms with Gasteiger partial charge in [0.25, 0.3) is 0 Å². The standard InChI is InChI=1S/C23H22O6S/c1-14-12-17-15(2)20-18(24)13-19(30(3,25)26)29-22(20)23(21(17)28-14)27-11-7-10-16-8-5-4-6-9-16/h4-6,8-9,12-13H,7,10-11H2,1-3H3. The fourth-order valence-corrected chi connectivity index (χ4v) is 4.15. The Hall–Kier alpha value is -3.06. The van der Waals surface area contributed by atoms with Gasteiger partial charge in [-0.2, -0.15) is 0 Å². The van der Waals surface area contributed by atoms with Gasteiger partial charge in [-0.05, 0) is 43.9 Å². The highest BCUT2D eigenvalue weighted by Gasteiger charge is 2.23. The third-order valence-electron chi connectivity index (χ3n) is 5.04. The largest absolute Gasteiger partial charge is 0.486 e. The van der Waals surface area contributed by atoms with Crippen LogP contribution in [0.5, 0.6) is 5.75 Å². The first kappa shape index (κ1) is 20.2. The molecule has 0 radical (unpaired) electrons. The van der Waals surface area contributed by atoms with Gasteiger partial charge in [-0.15, -0.1) is 0 Å². The maximum Gasteiger partial charge on any atom is 0.222 e. The zero-order valence-corrected chi connectivity index (χ0v) is 17.8. The first-order valence-corrected chi connectivity index (χ1v) is 11.5. The van der Waals surface area contributed by atoms with Crippen LogP contribution < -0.4 is 10.2 Å². The number of aryl methyl sites for hydroxylation is 3. The van der Waals surface area contributed by atoms with Crippen LogP contribution in [0.1, 0.15) is 23.3 Å². The maximum atomic E-state index is 12.8. The smallest absolute Gasteiger partial charge is 0.222 e. The van der Waals surface area contributed by atoms with Crippen molar-refractivity contribution in [1.29, 1.82) is 0 Å². The van der Waals surface area contributed by atoms with Crippen molar-refractivity contribution in [2.24, 2.45) is 0 Å². The highest BCUT2D eigenvalue weighted by Crippen LogP contribution is 2.39. The van der Waals surface area contributed by atoms with Crippen molar-refractivity contribution in [3.63, 3.8) is 0 Å². The molecule has 6 nitrogen and oxygen atoms in total. The van der Waals surface area contributed by atoms with Gasteiger partial charge < -0.3 is 13.6 Å². The van der Waals surface area contributed by atoms with Crippen molar-refractivity contribution < 1.29 is 22.0 Å². The topological polar surface area (TPSA) is 86.7 Å². The van der Waals surface area contributed by atoms with Crippen molar-refractivity contribution in [3.05, 3.63) is 69.6 Å². The Morgan fingerprint density at radius 1 is 1.00 bits per heavy atom. The molecule has 0 unspecified atom stereocenters. The van der Waals surface area contributed by atoms with E-state index in [4.69, 9.17) is 13.6 Å². The molecular formula is C23H22O6S. The molecule has 0 fully saturated rings. The summed E-state index contributed by atoms with van der Waals surface area (Å²) >= 11 is 0. The van der Waals surface area contributed by atoms with Crippen molar-refractivity contribution >= 4 is 31.8 Å². The lowest BCUT2D eigenvalue weighted by atomic mass is 10.0. The summed E-state index contributed by atoms with van der Waals surface area (Å²) in [5, 5.41) is 0.655. The lowest BCUT2D eigenvalue weighted by Crippen LogP contribution is -2.09. The monoisotopic (exact) mass is 426 g/mol. The molecule has 0 saturated carbocycles. The van der Waals surface area contributed by atoms with E-state index in [-0.39, 0.29) is 11.3 Å². The molecule has 0 aliphatic rings. The van der Waals surface area contributed by atoms with Crippen LogP contribution in [0.4, 0.5) is 0 Å². The molecule has 0 atom stereocenters. The lowest BCUT2D eigenvalue weighted by Gasteiger charge is -2.12. The molecule has 0 saturated heterocycles. The van der Waals surface area contributed by atoms with Gasteiger partial charge in [-0.3, -0.25) is 4.79 Å². The predicted octanol–water partition coefficient (Wildman–Crippen LogP) is 4.57. The average molecular weight is 426 g/mol. The van der Waals surface area contributed by atoms with Gasteiger partial charge in [0, 0.05) is 17.7 Å². The van der Waals surface area contributed by atoms with E-state index >= 15 is 0 Å². The molecule has 0 bridgehead atoms. The van der Waals surface area contributed by atoms with E-state index in [1.165, 1.54) is 5.56 Å². The maximum absolute atomic E-state index is 12.8. The van der Waals surface area contributed by atoms with Gasteiger partial charge in [0.15, 0.2) is 16.6 Å². The van der Waals surface area contributed by atoms with Crippen molar-refractivity contribution in [1.82, 2.24) is 0 Å². The number of hydrogen-bond acceptors (Lipinski definition) is 6. The highest BCUT2D eigenvalue weighted by molar-refractivity contribution is 7.90. The molecule has 0 spiro atoms. The first-order chi connectivity index (χ1) is 14.3. The summed E-state index contributed by atoms with van der Waals surface area (Å²) in [4.78, 5) is 12.8. The second-order valence-electron chi connectivity index (χ2n) is 7.40. The normalized spacial score (nSPS) is 12.0. The summed E-state index contributed by atoms with van der Waals surface area (Å²) in [6, 6.07) is 12.9. The molecule has 4 rings (SSSR count). The molecule has 2 aromatic heterocycles. The highest BCUT2D eigenvalue weighted by atomic mass is 32.2. The number of ether oxygens (including phenoxy) is 1. The molecule has 2 aromatic carbocycles. The first-order valence-electron chi connectivity index (χ1n) is 9.63. The van der Waals surface area contributed by atoms with Crippen LogP contribution >= 0.6 is 0 Å². The van der Waals surface area contributed by atoms with Gasteiger partial charge in [0.2, 0.25) is 20.7 Å². The molecule has 0 aliphatic heterocycles. The number of furan rings is 1. The van der Waals surface area contributed by atoms with Crippen LogP contribution in [0.2, 0.25) is 0 Å². The number of hydrogen-bond donors (Lipinski definition) is 0. The van der Waals surface area contributed by atoms with Gasteiger partial charge >= 0.3 is 0 Å². The Kier molecular flexibility index (Phi) is 5.15. The molecule has 4 aromatic rings. The summed E-state index contributed by atoms with van der Waals surface area (Å²) in [5.74, 6) is 0.919. The van der Waals surface area contributed by atoms with Crippen molar-refractivity contribution in [3.8, 4) is 5.75 Å². The van der Waals surface area contributed by atoms with E-state index in [2.05, 4.69) is 0 Å². The third-order valence-corrected chi connectivity index (χ3v) is 5.97. The van der Waals surface area contributed by atoms with Crippen molar-refractivity contribution in [2.75, 3.05) is 12.9 Å². The van der Waals surface area contributed by atoms with E-state index < -0.39 is 20.4 Å². The van der Waals surface area contributed by atoms with Gasteiger partial charge in [0.1, 0.15) is 5.76 Å². The minimum Gasteiger partial charge on any atom is -0.486 e. The number of benzene rings is 2. The number of fused-ring (bicyclic) bond motifs is 2. The van der Waals surface area contributed by atoms with Crippen LogP contribution in [0.15, 0.2) is 61.2 Å². The summed E-state index contributed by atoms with van der Waals surface area (Å²) < 4.78 is 41.6. The minimum absolute atomic E-state index is 0.0991. The Bertz CT molecular complexity index is 1390. The van der Waals surface area contributed by atoms with Crippen molar-refractivity contribution in [2.45, 2.75) is 31.8 Å². The number of sulfone groups is 1. The molecule has 0 aliphatic carbocycles. The van der Waals surface area contributed by atoms with E-state index in [0.29, 0.717) is 28.9 Å². The fraction of sp³-hybridized carbons (Fsp3) is 0.261. The zero-order chi connectivity index (χ0) is 21.5. The van der Waals surface area contributed by atoms with Crippen LogP contribution in [-0.4, -0.2) is 21.3 Å². The Morgan fingerprint density at radius 3 is 2.43 bits per heavy atom. The lowest BCUT2D eigenvalue weighted by molar-refractivity contribution is 0.305. The Labute approximate surface area is 174 Å². The summed E-state index contributed by atoms with van der Waals surface area (Å²) in [6.45, 7) is 3.95. The van der Waals surface area contributed by atoms with Crippen LogP contribution in [0.3, 0.4) is 0 Å². The summed E-state index contributed by atoms with van der Waals surface area (Å²) in [5.41, 5.74) is 1.99. The molecule has 0 N–H and O–H groups in total. The van der Waals surface area contributed by atoms with Gasteiger partial charge in [-0.25, -0.2) is 8.42 Å². The average Bonchev–Trinajstić information content (AvgIpc) is 3.08. The second kappa shape index (κ2) is 7.65. The quantitative estimate of drug-likeness (QED) is 0.420. The molecule has 0 amide bonds. The Balaban J connectivity index is 1.81. The van der Waals surface area contributed by atoms with E-state index in [0.717, 1.165) is 30.6 Å². The molecule has 7 heteroatoms. The van der Waals surface area contributed by atoms with Crippen LogP contribution in [0, 0.1) is 13.8 Å². The molecule has 30 heavy (non-hydrogen) atoms. The third kappa shape index (κ3) is 3.73. The zero-order valence-electron chi connectivity index (χ0n) is 17.0. The fourth-order valence-electron chi connectivity index (χ4n) is 3.60.